The van der Waals surface area contributed by atoms with Crippen molar-refractivity contribution >= 4 is 5.97 Å². The van der Waals surface area contributed by atoms with Crippen LogP contribution in [-0.2, 0) is 4.79 Å². The van der Waals surface area contributed by atoms with E-state index in [0.29, 0.717) is 25.2 Å². The summed E-state index contributed by atoms with van der Waals surface area (Å²) in [6.07, 6.45) is 3.37. The van der Waals surface area contributed by atoms with Crippen molar-refractivity contribution in [3.05, 3.63) is 60.7 Å². The first-order chi connectivity index (χ1) is 10.6. The molecule has 2 atom stereocenters. The third-order valence-corrected chi connectivity index (χ3v) is 3.25. The van der Waals surface area contributed by atoms with Gasteiger partial charge in [-0.2, -0.15) is 5.26 Å². The monoisotopic (exact) mass is 299 g/mol. The van der Waals surface area contributed by atoms with Crippen LogP contribution in [0.2, 0.25) is 0 Å². The van der Waals surface area contributed by atoms with Gasteiger partial charge >= 0.3 is 5.97 Å². The topological polar surface area (TPSA) is 85.2 Å². The minimum absolute atomic E-state index is 0.316. The number of benzene rings is 1. The molecule has 3 N–H and O–H groups in total. The second kappa shape index (κ2) is 9.50. The molecule has 0 aliphatic heterocycles. The van der Waals surface area contributed by atoms with Crippen molar-refractivity contribution in [2.45, 2.75) is 6.04 Å². The Morgan fingerprint density at radius 2 is 1.91 bits per heavy atom. The molecule has 0 saturated heterocycles. The molecule has 0 radical (unpaired) electrons. The summed E-state index contributed by atoms with van der Waals surface area (Å²) in [5.41, 5.74) is 1.37. The van der Waals surface area contributed by atoms with Gasteiger partial charge in [-0.05, 0) is 17.7 Å². The number of hydrogen-bond donors (Lipinski definition) is 3. The highest BCUT2D eigenvalue weighted by molar-refractivity contribution is 5.71. The summed E-state index contributed by atoms with van der Waals surface area (Å²) in [4.78, 5) is 11.6. The van der Waals surface area contributed by atoms with E-state index in [0.717, 1.165) is 5.56 Å². The zero-order chi connectivity index (χ0) is 16.4. The van der Waals surface area contributed by atoms with Crippen molar-refractivity contribution in [1.29, 1.82) is 5.26 Å². The van der Waals surface area contributed by atoms with E-state index in [2.05, 4.69) is 29.9 Å². The molecule has 0 bridgehead atoms. The first-order valence-corrected chi connectivity index (χ1v) is 7.02. The lowest BCUT2D eigenvalue weighted by Gasteiger charge is -2.25. The number of nitrogens with zero attached hydrogens (tertiary/aromatic N) is 1. The molecule has 22 heavy (non-hydrogen) atoms. The van der Waals surface area contributed by atoms with E-state index >= 15 is 0 Å². The number of nitrogens with one attached hydrogen (secondary N) is 2. The molecule has 2 unspecified atom stereocenters. The summed E-state index contributed by atoms with van der Waals surface area (Å²) in [6, 6.07) is 8.62. The van der Waals surface area contributed by atoms with Gasteiger partial charge < -0.3 is 15.7 Å². The van der Waals surface area contributed by atoms with Crippen LogP contribution in [0.4, 0.5) is 0 Å². The molecule has 0 spiro atoms. The SMILES string of the molecule is C=CCNCC(C(=O)O)C(NCC=C)c1ccc(C#N)cc1. The first-order valence-electron chi connectivity index (χ1n) is 7.02. The number of rotatable bonds is 10. The summed E-state index contributed by atoms with van der Waals surface area (Å²) >= 11 is 0. The van der Waals surface area contributed by atoms with Crippen LogP contribution in [0.15, 0.2) is 49.6 Å². The van der Waals surface area contributed by atoms with E-state index in [1.165, 1.54) is 0 Å². The lowest BCUT2D eigenvalue weighted by Crippen LogP contribution is -2.39. The van der Waals surface area contributed by atoms with Gasteiger partial charge in [0.2, 0.25) is 0 Å². The standard InChI is InChI=1S/C17H21N3O2/c1-3-9-19-12-15(17(21)22)16(20-10-4-2)14-7-5-13(11-18)6-8-14/h3-8,15-16,19-20H,1-2,9-10,12H2,(H,21,22). The molecule has 5 nitrogen and oxygen atoms in total. The predicted molar refractivity (Wildman–Crippen MR) is 86.3 cm³/mol. The zero-order valence-electron chi connectivity index (χ0n) is 12.5. The maximum absolute atomic E-state index is 11.6. The van der Waals surface area contributed by atoms with Gasteiger partial charge in [-0.25, -0.2) is 0 Å². The molecule has 0 aliphatic rings. The zero-order valence-corrected chi connectivity index (χ0v) is 12.5. The Labute approximate surface area is 131 Å². The van der Waals surface area contributed by atoms with E-state index in [9.17, 15) is 9.90 Å². The fourth-order valence-corrected chi connectivity index (χ4v) is 2.16. The van der Waals surface area contributed by atoms with Crippen molar-refractivity contribution in [3.63, 3.8) is 0 Å². The average molecular weight is 299 g/mol. The second-order valence-electron chi connectivity index (χ2n) is 4.80. The van der Waals surface area contributed by atoms with Gasteiger partial charge in [-0.1, -0.05) is 24.3 Å². The van der Waals surface area contributed by atoms with Crippen molar-refractivity contribution in [3.8, 4) is 6.07 Å². The highest BCUT2D eigenvalue weighted by Crippen LogP contribution is 2.23. The van der Waals surface area contributed by atoms with Crippen molar-refractivity contribution < 1.29 is 9.90 Å². The normalized spacial score (nSPS) is 12.9. The summed E-state index contributed by atoms with van der Waals surface area (Å²) in [5.74, 6) is -1.53. The molecule has 5 heteroatoms. The van der Waals surface area contributed by atoms with Crippen LogP contribution in [-0.4, -0.2) is 30.7 Å². The summed E-state index contributed by atoms with van der Waals surface area (Å²) < 4.78 is 0. The molecular formula is C17H21N3O2. The summed E-state index contributed by atoms with van der Waals surface area (Å²) in [6.45, 7) is 8.61. The van der Waals surface area contributed by atoms with Crippen LogP contribution in [0, 0.1) is 17.2 Å². The predicted octanol–water partition coefficient (Wildman–Crippen LogP) is 1.85. The maximum atomic E-state index is 11.6. The molecule has 116 valence electrons. The molecule has 0 aliphatic carbocycles. The number of aliphatic carboxylic acids is 1. The van der Waals surface area contributed by atoms with E-state index in [4.69, 9.17) is 5.26 Å². The molecule has 0 heterocycles. The number of hydrogen-bond acceptors (Lipinski definition) is 4. The van der Waals surface area contributed by atoms with Crippen LogP contribution in [0.25, 0.3) is 0 Å². The Kier molecular flexibility index (Phi) is 7.62. The highest BCUT2D eigenvalue weighted by atomic mass is 16.4. The largest absolute Gasteiger partial charge is 0.481 e. The highest BCUT2D eigenvalue weighted by Gasteiger charge is 2.28. The van der Waals surface area contributed by atoms with Crippen LogP contribution in [0.3, 0.4) is 0 Å². The molecule has 1 aromatic rings. The quantitative estimate of drug-likeness (QED) is 0.453. The lowest BCUT2D eigenvalue weighted by atomic mass is 9.92. The second-order valence-corrected chi connectivity index (χ2v) is 4.80. The van der Waals surface area contributed by atoms with Crippen molar-refractivity contribution in [2.75, 3.05) is 19.6 Å². The van der Waals surface area contributed by atoms with Crippen LogP contribution in [0.5, 0.6) is 0 Å². The fraction of sp³-hybridized carbons (Fsp3) is 0.294. The minimum Gasteiger partial charge on any atom is -0.481 e. The molecular weight excluding hydrogens is 278 g/mol. The van der Waals surface area contributed by atoms with Crippen LogP contribution >= 0.6 is 0 Å². The van der Waals surface area contributed by atoms with Crippen molar-refractivity contribution in [2.24, 2.45) is 5.92 Å². The molecule has 1 rings (SSSR count). The fourth-order valence-electron chi connectivity index (χ4n) is 2.16. The van der Waals surface area contributed by atoms with Gasteiger partial charge in [0.15, 0.2) is 0 Å². The Balaban J connectivity index is 3.00. The third-order valence-electron chi connectivity index (χ3n) is 3.25. The van der Waals surface area contributed by atoms with E-state index in [1.807, 2.05) is 0 Å². The first kappa shape index (κ1) is 17.6. The molecule has 0 amide bonds. The number of carboxylic acid groups (broad SMARTS) is 1. The Morgan fingerprint density at radius 1 is 1.27 bits per heavy atom. The Hall–Kier alpha value is -2.42. The lowest BCUT2D eigenvalue weighted by molar-refractivity contribution is -0.142. The Morgan fingerprint density at radius 3 is 2.41 bits per heavy atom. The van der Waals surface area contributed by atoms with Crippen molar-refractivity contribution in [1.82, 2.24) is 10.6 Å². The van der Waals surface area contributed by atoms with Gasteiger partial charge in [0.25, 0.3) is 0 Å². The van der Waals surface area contributed by atoms with E-state index in [-0.39, 0.29) is 6.04 Å². The van der Waals surface area contributed by atoms with Crippen LogP contribution in [0.1, 0.15) is 17.2 Å². The molecule has 1 aromatic carbocycles. The van der Waals surface area contributed by atoms with Gasteiger partial charge in [-0.15, -0.1) is 13.2 Å². The minimum atomic E-state index is -0.887. The molecule has 0 aromatic heterocycles. The smallest absolute Gasteiger partial charge is 0.309 e. The molecule has 0 fully saturated rings. The average Bonchev–Trinajstić information content (AvgIpc) is 2.53. The number of carboxylic acids is 1. The maximum Gasteiger partial charge on any atom is 0.309 e. The number of nitriles is 1. The van der Waals surface area contributed by atoms with Gasteiger partial charge in [0, 0.05) is 25.7 Å². The summed E-state index contributed by atoms with van der Waals surface area (Å²) in [7, 11) is 0. The van der Waals surface area contributed by atoms with E-state index < -0.39 is 11.9 Å². The third kappa shape index (κ3) is 5.17. The van der Waals surface area contributed by atoms with Gasteiger partial charge in [0.1, 0.15) is 0 Å². The number of carbonyl (C=O) groups is 1. The molecule has 0 saturated carbocycles. The van der Waals surface area contributed by atoms with Gasteiger partial charge in [0.05, 0.1) is 17.6 Å². The summed E-state index contributed by atoms with van der Waals surface area (Å²) in [5, 5.41) is 24.6. The van der Waals surface area contributed by atoms with Crippen LogP contribution < -0.4 is 10.6 Å². The Bertz CT molecular complexity index is 546. The van der Waals surface area contributed by atoms with E-state index in [1.54, 1.807) is 36.4 Å². The van der Waals surface area contributed by atoms with Gasteiger partial charge in [-0.3, -0.25) is 4.79 Å².